The van der Waals surface area contributed by atoms with Crippen molar-refractivity contribution in [1.82, 2.24) is 20.0 Å². The van der Waals surface area contributed by atoms with Crippen molar-refractivity contribution in [3.8, 4) is 5.69 Å². The monoisotopic (exact) mass is 405 g/mol. The van der Waals surface area contributed by atoms with Gasteiger partial charge in [-0.1, -0.05) is 48.5 Å². The molecule has 2 heterocycles. The van der Waals surface area contributed by atoms with Gasteiger partial charge in [-0.3, -0.25) is 10.2 Å². The first-order valence-electron chi connectivity index (χ1n) is 10.2. The van der Waals surface area contributed by atoms with Gasteiger partial charge in [-0.05, 0) is 17.7 Å². The lowest BCUT2D eigenvalue weighted by Crippen LogP contribution is -2.42. The van der Waals surface area contributed by atoms with E-state index < -0.39 is 0 Å². The molecule has 2 N–H and O–H groups in total. The Labute approximate surface area is 176 Å². The second-order valence-electron chi connectivity index (χ2n) is 7.44. The number of likely N-dealkylation sites (tertiary alicyclic amines) is 1. The Bertz CT molecular complexity index is 944. The molecule has 1 aliphatic heterocycles. The van der Waals surface area contributed by atoms with Crippen LogP contribution in [0.15, 0.2) is 72.9 Å². The van der Waals surface area contributed by atoms with Crippen LogP contribution >= 0.6 is 0 Å². The molecular weight excluding hydrogens is 378 g/mol. The van der Waals surface area contributed by atoms with Crippen LogP contribution in [0.5, 0.6) is 0 Å². The van der Waals surface area contributed by atoms with Crippen LogP contribution in [0.25, 0.3) is 5.69 Å². The van der Waals surface area contributed by atoms with Gasteiger partial charge in [0.15, 0.2) is 0 Å². The minimum atomic E-state index is -0.229. The van der Waals surface area contributed by atoms with Crippen molar-refractivity contribution in [2.75, 3.05) is 38.7 Å². The van der Waals surface area contributed by atoms with Gasteiger partial charge in [0.2, 0.25) is 0 Å². The maximum absolute atomic E-state index is 12.8. The normalized spacial score (nSPS) is 19.0. The third-order valence-electron chi connectivity index (χ3n) is 5.44. The van der Waals surface area contributed by atoms with Gasteiger partial charge in [0, 0.05) is 38.7 Å². The molecule has 4 rings (SSSR count). The molecule has 0 spiro atoms. The number of urea groups is 1. The van der Waals surface area contributed by atoms with Gasteiger partial charge in [0.05, 0.1) is 24.5 Å². The molecule has 0 radical (unpaired) electrons. The number of nitrogens with one attached hydrogen (secondary N) is 2. The summed E-state index contributed by atoms with van der Waals surface area (Å²) in [4.78, 5) is 15.2. The molecule has 0 saturated carbocycles. The zero-order valence-corrected chi connectivity index (χ0v) is 17.1. The summed E-state index contributed by atoms with van der Waals surface area (Å²) in [5.74, 6) is 0.858. The molecule has 7 heteroatoms. The highest BCUT2D eigenvalue weighted by Gasteiger charge is 2.34. The van der Waals surface area contributed by atoms with Crippen molar-refractivity contribution in [2.24, 2.45) is 0 Å². The number of para-hydroxylation sites is 1. The SMILES string of the molecule is COCCN1CC(NC(=O)Nc2ccnn2-c2ccccc2)C(c2ccccc2)C1. The van der Waals surface area contributed by atoms with Gasteiger partial charge in [-0.2, -0.15) is 5.10 Å². The van der Waals surface area contributed by atoms with Crippen LogP contribution in [0.1, 0.15) is 11.5 Å². The highest BCUT2D eigenvalue weighted by atomic mass is 16.5. The predicted octanol–water partition coefficient (Wildman–Crippen LogP) is 3.11. The van der Waals surface area contributed by atoms with Crippen molar-refractivity contribution in [3.63, 3.8) is 0 Å². The number of anilines is 1. The number of carbonyl (C=O) groups excluding carboxylic acids is 1. The number of aromatic nitrogens is 2. The molecular formula is C23H27N5O2. The highest BCUT2D eigenvalue weighted by molar-refractivity contribution is 5.89. The van der Waals surface area contributed by atoms with E-state index in [1.54, 1.807) is 24.1 Å². The first kappa shape index (κ1) is 20.1. The molecule has 156 valence electrons. The summed E-state index contributed by atoms with van der Waals surface area (Å²) in [7, 11) is 1.71. The van der Waals surface area contributed by atoms with Crippen LogP contribution in [0.2, 0.25) is 0 Å². The molecule has 7 nitrogen and oxygen atoms in total. The molecule has 1 aromatic heterocycles. The summed E-state index contributed by atoms with van der Waals surface area (Å²) in [6.45, 7) is 3.20. The largest absolute Gasteiger partial charge is 0.383 e. The molecule has 1 saturated heterocycles. The average Bonchev–Trinajstić information content (AvgIpc) is 3.40. The van der Waals surface area contributed by atoms with Crippen LogP contribution in [0, 0.1) is 0 Å². The Balaban J connectivity index is 1.45. The van der Waals surface area contributed by atoms with Crippen LogP contribution in [-0.2, 0) is 4.74 Å². The fourth-order valence-electron chi connectivity index (χ4n) is 3.97. The number of hydrogen-bond donors (Lipinski definition) is 2. The second kappa shape index (κ2) is 9.56. The van der Waals surface area contributed by atoms with Gasteiger partial charge >= 0.3 is 6.03 Å². The van der Waals surface area contributed by atoms with Crippen LogP contribution in [0.4, 0.5) is 10.6 Å². The summed E-state index contributed by atoms with van der Waals surface area (Å²) < 4.78 is 6.95. The van der Waals surface area contributed by atoms with Crippen molar-refractivity contribution < 1.29 is 9.53 Å². The van der Waals surface area contributed by atoms with E-state index in [0.29, 0.717) is 12.4 Å². The van der Waals surface area contributed by atoms with Crippen molar-refractivity contribution in [1.29, 1.82) is 0 Å². The van der Waals surface area contributed by atoms with E-state index in [4.69, 9.17) is 4.74 Å². The minimum absolute atomic E-state index is 0.0114. The first-order chi connectivity index (χ1) is 14.7. The molecule has 2 aromatic carbocycles. The fourth-order valence-corrected chi connectivity index (χ4v) is 3.97. The van der Waals surface area contributed by atoms with E-state index in [1.807, 2.05) is 48.5 Å². The van der Waals surface area contributed by atoms with Crippen LogP contribution < -0.4 is 10.6 Å². The molecule has 1 fully saturated rings. The number of amides is 2. The number of methoxy groups -OCH3 is 1. The average molecular weight is 406 g/mol. The molecule has 0 bridgehead atoms. The lowest BCUT2D eigenvalue weighted by atomic mass is 9.94. The van der Waals surface area contributed by atoms with Gasteiger partial charge < -0.3 is 10.1 Å². The maximum Gasteiger partial charge on any atom is 0.320 e. The number of hydrogen-bond acceptors (Lipinski definition) is 4. The lowest BCUT2D eigenvalue weighted by molar-refractivity contribution is 0.159. The van der Waals surface area contributed by atoms with E-state index in [2.05, 4.69) is 32.8 Å². The summed E-state index contributed by atoms with van der Waals surface area (Å²) in [5, 5.41) is 10.5. The van der Waals surface area contributed by atoms with E-state index >= 15 is 0 Å². The summed E-state index contributed by atoms with van der Waals surface area (Å²) in [5.41, 5.74) is 2.13. The standard InChI is InChI=1S/C23H27N5O2/c1-30-15-14-27-16-20(18-8-4-2-5-9-18)21(17-27)25-23(29)26-22-12-13-24-28(22)19-10-6-3-7-11-19/h2-13,20-21H,14-17H2,1H3,(H2,25,26,29). The first-order valence-corrected chi connectivity index (χ1v) is 10.2. The van der Waals surface area contributed by atoms with Crippen LogP contribution in [-0.4, -0.2) is 60.1 Å². The summed E-state index contributed by atoms with van der Waals surface area (Å²) in [6, 6.07) is 21.7. The molecule has 2 atom stereocenters. The number of rotatable bonds is 7. The highest BCUT2D eigenvalue weighted by Crippen LogP contribution is 2.27. The Morgan fingerprint density at radius 3 is 2.53 bits per heavy atom. The van der Waals surface area contributed by atoms with E-state index in [1.165, 1.54) is 5.56 Å². The molecule has 3 aromatic rings. The van der Waals surface area contributed by atoms with Gasteiger partial charge in [0.1, 0.15) is 5.82 Å². The number of nitrogens with zero attached hydrogens (tertiary/aromatic N) is 3. The lowest BCUT2D eigenvalue weighted by Gasteiger charge is -2.20. The third kappa shape index (κ3) is 4.69. The minimum Gasteiger partial charge on any atom is -0.383 e. The maximum atomic E-state index is 12.8. The van der Waals surface area contributed by atoms with Gasteiger partial charge in [0.25, 0.3) is 0 Å². The van der Waals surface area contributed by atoms with Crippen molar-refractivity contribution >= 4 is 11.8 Å². The smallest absolute Gasteiger partial charge is 0.320 e. The van der Waals surface area contributed by atoms with E-state index in [9.17, 15) is 4.79 Å². The number of ether oxygens (including phenoxy) is 1. The molecule has 30 heavy (non-hydrogen) atoms. The molecule has 1 aliphatic rings. The number of benzene rings is 2. The van der Waals surface area contributed by atoms with E-state index in [0.717, 1.165) is 25.3 Å². The Morgan fingerprint density at radius 1 is 1.07 bits per heavy atom. The summed E-state index contributed by atoms with van der Waals surface area (Å²) in [6.07, 6.45) is 1.68. The topological polar surface area (TPSA) is 71.4 Å². The van der Waals surface area contributed by atoms with Crippen molar-refractivity contribution in [3.05, 3.63) is 78.5 Å². The Hall–Kier alpha value is -3.16. The molecule has 2 amide bonds. The quantitative estimate of drug-likeness (QED) is 0.634. The zero-order valence-electron chi connectivity index (χ0n) is 17.1. The fraction of sp³-hybridized carbons (Fsp3) is 0.304. The predicted molar refractivity (Wildman–Crippen MR) is 117 cm³/mol. The number of carbonyl (C=O) groups is 1. The Kier molecular flexibility index (Phi) is 6.41. The van der Waals surface area contributed by atoms with Gasteiger partial charge in [-0.15, -0.1) is 0 Å². The van der Waals surface area contributed by atoms with E-state index in [-0.39, 0.29) is 18.0 Å². The van der Waals surface area contributed by atoms with Gasteiger partial charge in [-0.25, -0.2) is 9.48 Å². The Morgan fingerprint density at radius 2 is 1.80 bits per heavy atom. The van der Waals surface area contributed by atoms with Crippen molar-refractivity contribution in [2.45, 2.75) is 12.0 Å². The molecule has 0 aliphatic carbocycles. The molecule has 2 unspecified atom stereocenters. The zero-order chi connectivity index (χ0) is 20.8. The second-order valence-corrected chi connectivity index (χ2v) is 7.44. The summed E-state index contributed by atoms with van der Waals surface area (Å²) >= 11 is 0. The third-order valence-corrected chi connectivity index (χ3v) is 5.44. The van der Waals surface area contributed by atoms with Crippen LogP contribution in [0.3, 0.4) is 0 Å².